The van der Waals surface area contributed by atoms with Crippen molar-refractivity contribution in [1.82, 2.24) is 10.4 Å². The Bertz CT molecular complexity index is 391. The average Bonchev–Trinajstić information content (AvgIpc) is 2.36. The fourth-order valence-electron chi connectivity index (χ4n) is 1.13. The van der Waals surface area contributed by atoms with Gasteiger partial charge < -0.3 is 4.74 Å². The minimum absolute atomic E-state index is 0.187. The number of carbonyl (C=O) groups is 1. The highest BCUT2D eigenvalue weighted by atomic mass is 16.5. The molecule has 1 heterocycles. The van der Waals surface area contributed by atoms with Crippen molar-refractivity contribution in [3.63, 3.8) is 0 Å². The highest BCUT2D eigenvalue weighted by Gasteiger charge is 2.15. The van der Waals surface area contributed by atoms with E-state index in [2.05, 4.69) is 11.9 Å². The van der Waals surface area contributed by atoms with Gasteiger partial charge in [-0.05, 0) is 32.4 Å². The minimum atomic E-state index is -0.401. The first-order chi connectivity index (χ1) is 7.98. The molecule has 0 aliphatic rings. The van der Waals surface area contributed by atoms with Gasteiger partial charge in [-0.1, -0.05) is 13.0 Å². The standard InChI is InChI=1S/C12H19N3O2/c1-4-12(2,3)17-8-9-6-5-7-10(14-9)11(16)15-13/h5-7H,4,8,13H2,1-3H3,(H,15,16). The number of pyridine rings is 1. The lowest BCUT2D eigenvalue weighted by Gasteiger charge is -2.23. The lowest BCUT2D eigenvalue weighted by atomic mass is 10.1. The summed E-state index contributed by atoms with van der Waals surface area (Å²) in [6.07, 6.45) is 0.913. The molecule has 94 valence electrons. The summed E-state index contributed by atoms with van der Waals surface area (Å²) in [5.41, 5.74) is 2.87. The molecule has 0 radical (unpaired) electrons. The van der Waals surface area contributed by atoms with Crippen molar-refractivity contribution in [2.24, 2.45) is 5.84 Å². The number of ether oxygens (including phenoxy) is 1. The zero-order valence-corrected chi connectivity index (χ0v) is 10.5. The molecule has 0 atom stereocenters. The van der Waals surface area contributed by atoms with Gasteiger partial charge in [0.15, 0.2) is 0 Å². The molecule has 17 heavy (non-hydrogen) atoms. The van der Waals surface area contributed by atoms with Crippen LogP contribution in [0.15, 0.2) is 18.2 Å². The third-order valence-electron chi connectivity index (χ3n) is 2.63. The van der Waals surface area contributed by atoms with Gasteiger partial charge >= 0.3 is 0 Å². The van der Waals surface area contributed by atoms with Gasteiger partial charge in [0.2, 0.25) is 0 Å². The smallest absolute Gasteiger partial charge is 0.283 e. The Balaban J connectivity index is 2.70. The van der Waals surface area contributed by atoms with Crippen LogP contribution in [0.2, 0.25) is 0 Å². The predicted octanol–water partition coefficient (Wildman–Crippen LogP) is 1.39. The van der Waals surface area contributed by atoms with Crippen molar-refractivity contribution in [1.29, 1.82) is 0 Å². The van der Waals surface area contributed by atoms with Gasteiger partial charge in [0.1, 0.15) is 5.69 Å². The zero-order chi connectivity index (χ0) is 12.9. The maximum atomic E-state index is 11.3. The van der Waals surface area contributed by atoms with Gasteiger partial charge in [0.25, 0.3) is 5.91 Å². The van der Waals surface area contributed by atoms with Crippen LogP contribution in [0, 0.1) is 0 Å². The van der Waals surface area contributed by atoms with Crippen LogP contribution >= 0.6 is 0 Å². The molecule has 1 aromatic rings. The van der Waals surface area contributed by atoms with Crippen molar-refractivity contribution in [3.8, 4) is 0 Å². The number of rotatable bonds is 5. The second-order valence-corrected chi connectivity index (χ2v) is 4.39. The molecule has 0 aliphatic heterocycles. The number of nitrogens with one attached hydrogen (secondary N) is 1. The van der Waals surface area contributed by atoms with E-state index in [1.165, 1.54) is 0 Å². The minimum Gasteiger partial charge on any atom is -0.369 e. The van der Waals surface area contributed by atoms with Crippen LogP contribution in [0.5, 0.6) is 0 Å². The van der Waals surface area contributed by atoms with Gasteiger partial charge in [-0.2, -0.15) is 0 Å². The highest BCUT2D eigenvalue weighted by Crippen LogP contribution is 2.15. The van der Waals surface area contributed by atoms with E-state index >= 15 is 0 Å². The van der Waals surface area contributed by atoms with Crippen molar-refractivity contribution in [2.45, 2.75) is 39.4 Å². The molecule has 0 fully saturated rings. The number of amides is 1. The second-order valence-electron chi connectivity index (χ2n) is 4.39. The third-order valence-corrected chi connectivity index (χ3v) is 2.63. The number of nitrogens with zero attached hydrogens (tertiary/aromatic N) is 1. The van der Waals surface area contributed by atoms with Gasteiger partial charge in [0, 0.05) is 0 Å². The Labute approximate surface area is 101 Å². The van der Waals surface area contributed by atoms with Crippen molar-refractivity contribution >= 4 is 5.91 Å². The normalized spacial score (nSPS) is 11.3. The Morgan fingerprint density at radius 2 is 2.24 bits per heavy atom. The van der Waals surface area contributed by atoms with Gasteiger partial charge in [-0.3, -0.25) is 10.2 Å². The molecule has 0 spiro atoms. The molecule has 5 nitrogen and oxygen atoms in total. The van der Waals surface area contributed by atoms with Crippen LogP contribution in [0.1, 0.15) is 43.4 Å². The Hall–Kier alpha value is -1.46. The van der Waals surface area contributed by atoms with Crippen LogP contribution in [0.3, 0.4) is 0 Å². The fraction of sp³-hybridized carbons (Fsp3) is 0.500. The first-order valence-corrected chi connectivity index (χ1v) is 5.59. The van der Waals surface area contributed by atoms with E-state index < -0.39 is 5.91 Å². The quantitative estimate of drug-likeness (QED) is 0.461. The molecular formula is C12H19N3O2. The van der Waals surface area contributed by atoms with Crippen LogP contribution in [0.4, 0.5) is 0 Å². The molecule has 0 aromatic carbocycles. The van der Waals surface area contributed by atoms with E-state index in [0.717, 1.165) is 6.42 Å². The van der Waals surface area contributed by atoms with Gasteiger partial charge in [-0.15, -0.1) is 0 Å². The highest BCUT2D eigenvalue weighted by molar-refractivity contribution is 5.91. The third kappa shape index (κ3) is 4.13. The molecule has 1 aromatic heterocycles. The van der Waals surface area contributed by atoms with Crippen molar-refractivity contribution < 1.29 is 9.53 Å². The molecular weight excluding hydrogens is 218 g/mol. The first-order valence-electron chi connectivity index (χ1n) is 5.59. The Morgan fingerprint density at radius 3 is 2.82 bits per heavy atom. The number of carbonyl (C=O) groups excluding carboxylic acids is 1. The van der Waals surface area contributed by atoms with Gasteiger partial charge in [0.05, 0.1) is 17.9 Å². The molecule has 3 N–H and O–H groups in total. The fourth-order valence-corrected chi connectivity index (χ4v) is 1.13. The topological polar surface area (TPSA) is 77.2 Å². The molecule has 0 bridgehead atoms. The Kier molecular flexibility index (Phi) is 4.60. The van der Waals surface area contributed by atoms with E-state index in [4.69, 9.17) is 10.6 Å². The predicted molar refractivity (Wildman–Crippen MR) is 65.0 cm³/mol. The number of hydrogen-bond acceptors (Lipinski definition) is 4. The van der Waals surface area contributed by atoms with Gasteiger partial charge in [-0.25, -0.2) is 10.8 Å². The molecule has 5 heteroatoms. The van der Waals surface area contributed by atoms with Crippen molar-refractivity contribution in [3.05, 3.63) is 29.6 Å². The summed E-state index contributed by atoms with van der Waals surface area (Å²) >= 11 is 0. The summed E-state index contributed by atoms with van der Waals surface area (Å²) in [7, 11) is 0. The van der Waals surface area contributed by atoms with Crippen LogP contribution in [0.25, 0.3) is 0 Å². The maximum Gasteiger partial charge on any atom is 0.283 e. The molecule has 0 saturated carbocycles. The van der Waals surface area contributed by atoms with Crippen LogP contribution in [-0.4, -0.2) is 16.5 Å². The number of nitrogen functional groups attached to an aromatic ring is 1. The summed E-state index contributed by atoms with van der Waals surface area (Å²) in [5.74, 6) is 4.65. The Morgan fingerprint density at radius 1 is 1.53 bits per heavy atom. The van der Waals surface area contributed by atoms with Crippen LogP contribution < -0.4 is 11.3 Å². The molecule has 0 aliphatic carbocycles. The summed E-state index contributed by atoms with van der Waals surface area (Å²) in [6, 6.07) is 5.19. The number of nitrogens with two attached hydrogens (primary N) is 1. The number of aromatic nitrogens is 1. The van der Waals surface area contributed by atoms with E-state index in [1.807, 2.05) is 25.3 Å². The molecule has 0 saturated heterocycles. The van der Waals surface area contributed by atoms with E-state index in [9.17, 15) is 4.79 Å². The second kappa shape index (κ2) is 5.75. The summed E-state index contributed by atoms with van der Waals surface area (Å²) in [4.78, 5) is 15.4. The first kappa shape index (κ1) is 13.6. The van der Waals surface area contributed by atoms with E-state index in [0.29, 0.717) is 18.0 Å². The summed E-state index contributed by atoms with van der Waals surface area (Å²) < 4.78 is 5.71. The van der Waals surface area contributed by atoms with Crippen LogP contribution in [-0.2, 0) is 11.3 Å². The molecule has 1 amide bonds. The summed E-state index contributed by atoms with van der Waals surface area (Å²) in [6.45, 7) is 6.48. The van der Waals surface area contributed by atoms with Crippen molar-refractivity contribution in [2.75, 3.05) is 0 Å². The monoisotopic (exact) mass is 237 g/mol. The number of hydrogen-bond donors (Lipinski definition) is 2. The lowest BCUT2D eigenvalue weighted by Crippen LogP contribution is -2.31. The molecule has 0 unspecified atom stereocenters. The largest absolute Gasteiger partial charge is 0.369 e. The lowest BCUT2D eigenvalue weighted by molar-refractivity contribution is -0.0330. The average molecular weight is 237 g/mol. The SMILES string of the molecule is CCC(C)(C)OCc1cccc(C(=O)NN)n1. The molecule has 1 rings (SSSR count). The number of hydrazine groups is 1. The summed E-state index contributed by atoms with van der Waals surface area (Å²) in [5, 5.41) is 0. The maximum absolute atomic E-state index is 11.3. The zero-order valence-electron chi connectivity index (χ0n) is 10.5. The van der Waals surface area contributed by atoms with E-state index in [-0.39, 0.29) is 5.60 Å². The van der Waals surface area contributed by atoms with E-state index in [1.54, 1.807) is 12.1 Å².